The summed E-state index contributed by atoms with van der Waals surface area (Å²) in [7, 11) is 0. The van der Waals surface area contributed by atoms with Crippen LogP contribution in [0.5, 0.6) is 0 Å². The van der Waals surface area contributed by atoms with E-state index in [2.05, 4.69) is 31.3 Å². The van der Waals surface area contributed by atoms with Gasteiger partial charge in [-0.05, 0) is 36.4 Å². The number of hydrogen-bond acceptors (Lipinski definition) is 5. The molecule has 6 nitrogen and oxygen atoms in total. The van der Waals surface area contributed by atoms with Crippen molar-refractivity contribution >= 4 is 21.7 Å². The number of ketones is 1. The fourth-order valence-electron chi connectivity index (χ4n) is 1.85. The molecule has 0 saturated heterocycles. The van der Waals surface area contributed by atoms with E-state index in [4.69, 9.17) is 4.42 Å². The first-order valence-corrected chi connectivity index (χ1v) is 7.07. The fourth-order valence-corrected chi connectivity index (χ4v) is 2.12. The average molecular weight is 347 g/mol. The first-order chi connectivity index (χ1) is 10.1. The minimum atomic E-state index is -0.539. The summed E-state index contributed by atoms with van der Waals surface area (Å²) >= 11 is 3.34. The van der Waals surface area contributed by atoms with Gasteiger partial charge in [-0.25, -0.2) is 0 Å². The quantitative estimate of drug-likeness (QED) is 0.678. The van der Waals surface area contributed by atoms with Gasteiger partial charge in [-0.3, -0.25) is 4.79 Å². The molecule has 0 aliphatic rings. The van der Waals surface area contributed by atoms with Gasteiger partial charge in [-0.2, -0.15) is 4.80 Å². The number of nitrogens with zero attached hydrogens (tertiary/aromatic N) is 4. The van der Waals surface area contributed by atoms with E-state index in [0.29, 0.717) is 17.1 Å². The predicted octanol–water partition coefficient (Wildman–Crippen LogP) is 3.14. The molecule has 1 atom stereocenters. The number of furan rings is 1. The number of Topliss-reactive ketones (excluding diaryl/α,β-unsaturated/α-hetero) is 1. The summed E-state index contributed by atoms with van der Waals surface area (Å²) in [4.78, 5) is 13.7. The number of carbonyl (C=O) groups excluding carboxylic acids is 1. The van der Waals surface area contributed by atoms with E-state index in [1.165, 1.54) is 11.1 Å². The summed E-state index contributed by atoms with van der Waals surface area (Å²) < 4.78 is 6.12. The molecule has 0 amide bonds. The number of rotatable bonds is 4. The summed E-state index contributed by atoms with van der Waals surface area (Å²) in [5, 5.41) is 12.0. The number of benzene rings is 1. The standard InChI is InChI=1S/C14H11BrN4O2/c1-9(13(20)10-4-6-11(15)7-5-10)19-17-14(16-18-19)12-3-2-8-21-12/h2-9H,1H3. The maximum atomic E-state index is 12.4. The summed E-state index contributed by atoms with van der Waals surface area (Å²) in [5.74, 6) is 0.797. The summed E-state index contributed by atoms with van der Waals surface area (Å²) in [5.41, 5.74) is 0.600. The van der Waals surface area contributed by atoms with Gasteiger partial charge < -0.3 is 4.42 Å². The van der Waals surface area contributed by atoms with E-state index < -0.39 is 6.04 Å². The Bertz CT molecular complexity index is 750. The van der Waals surface area contributed by atoms with Crippen molar-refractivity contribution in [2.24, 2.45) is 0 Å². The van der Waals surface area contributed by atoms with Crippen LogP contribution < -0.4 is 0 Å². The normalized spacial score (nSPS) is 12.3. The van der Waals surface area contributed by atoms with Crippen LogP contribution in [0.2, 0.25) is 0 Å². The molecule has 106 valence electrons. The van der Waals surface area contributed by atoms with Crippen LogP contribution in [0, 0.1) is 0 Å². The van der Waals surface area contributed by atoms with Gasteiger partial charge in [0.15, 0.2) is 11.5 Å². The van der Waals surface area contributed by atoms with Gasteiger partial charge in [0, 0.05) is 10.0 Å². The van der Waals surface area contributed by atoms with Crippen molar-refractivity contribution < 1.29 is 9.21 Å². The van der Waals surface area contributed by atoms with E-state index in [1.807, 2.05) is 12.1 Å². The van der Waals surface area contributed by atoms with E-state index in [1.54, 1.807) is 31.2 Å². The highest BCUT2D eigenvalue weighted by molar-refractivity contribution is 9.10. The molecule has 0 bridgehead atoms. The molecule has 2 heterocycles. The van der Waals surface area contributed by atoms with Crippen LogP contribution in [0.1, 0.15) is 23.3 Å². The van der Waals surface area contributed by atoms with Crippen molar-refractivity contribution in [1.29, 1.82) is 0 Å². The first-order valence-electron chi connectivity index (χ1n) is 6.28. The van der Waals surface area contributed by atoms with Crippen LogP contribution in [0.3, 0.4) is 0 Å². The van der Waals surface area contributed by atoms with Crippen LogP contribution >= 0.6 is 15.9 Å². The Morgan fingerprint density at radius 3 is 2.71 bits per heavy atom. The zero-order valence-electron chi connectivity index (χ0n) is 11.1. The van der Waals surface area contributed by atoms with E-state index in [9.17, 15) is 4.79 Å². The van der Waals surface area contributed by atoms with Gasteiger partial charge in [0.05, 0.1) is 6.26 Å². The summed E-state index contributed by atoms with van der Waals surface area (Å²) in [6.45, 7) is 1.73. The minimum Gasteiger partial charge on any atom is -0.461 e. The molecule has 0 aliphatic carbocycles. The molecule has 1 unspecified atom stereocenters. The zero-order valence-corrected chi connectivity index (χ0v) is 12.7. The highest BCUT2D eigenvalue weighted by Gasteiger charge is 2.20. The van der Waals surface area contributed by atoms with Gasteiger partial charge in [-0.15, -0.1) is 10.2 Å². The topological polar surface area (TPSA) is 73.8 Å². The minimum absolute atomic E-state index is 0.0779. The number of halogens is 1. The largest absolute Gasteiger partial charge is 0.461 e. The van der Waals surface area contributed by atoms with Crippen LogP contribution in [0.4, 0.5) is 0 Å². The smallest absolute Gasteiger partial charge is 0.240 e. The van der Waals surface area contributed by atoms with Crippen molar-refractivity contribution in [3.63, 3.8) is 0 Å². The van der Waals surface area contributed by atoms with E-state index >= 15 is 0 Å². The molecule has 3 aromatic rings. The van der Waals surface area contributed by atoms with E-state index in [-0.39, 0.29) is 5.78 Å². The second-order valence-corrected chi connectivity index (χ2v) is 5.37. The number of tetrazole rings is 1. The number of carbonyl (C=O) groups is 1. The maximum Gasteiger partial charge on any atom is 0.240 e. The van der Waals surface area contributed by atoms with Crippen LogP contribution in [0.25, 0.3) is 11.6 Å². The average Bonchev–Trinajstić information content (AvgIpc) is 3.17. The molecule has 21 heavy (non-hydrogen) atoms. The zero-order chi connectivity index (χ0) is 14.8. The molecule has 0 saturated carbocycles. The van der Waals surface area contributed by atoms with Gasteiger partial charge in [0.2, 0.25) is 5.82 Å². The second kappa shape index (κ2) is 5.61. The fraction of sp³-hybridized carbons (Fsp3) is 0.143. The van der Waals surface area contributed by atoms with Gasteiger partial charge in [0.25, 0.3) is 0 Å². The molecule has 0 N–H and O–H groups in total. The van der Waals surface area contributed by atoms with Crippen molar-refractivity contribution in [3.05, 3.63) is 52.7 Å². The Morgan fingerprint density at radius 1 is 1.29 bits per heavy atom. The van der Waals surface area contributed by atoms with Crippen LogP contribution in [-0.2, 0) is 0 Å². The highest BCUT2D eigenvalue weighted by atomic mass is 79.9. The Hall–Kier alpha value is -2.28. The molecule has 7 heteroatoms. The van der Waals surface area contributed by atoms with Crippen molar-refractivity contribution in [1.82, 2.24) is 20.2 Å². The summed E-state index contributed by atoms with van der Waals surface area (Å²) in [6.07, 6.45) is 1.53. The Balaban J connectivity index is 1.83. The van der Waals surface area contributed by atoms with Crippen molar-refractivity contribution in [3.8, 4) is 11.6 Å². The molecular formula is C14H11BrN4O2. The lowest BCUT2D eigenvalue weighted by atomic mass is 10.1. The lowest BCUT2D eigenvalue weighted by Crippen LogP contribution is -2.19. The van der Waals surface area contributed by atoms with E-state index in [0.717, 1.165) is 4.47 Å². The molecular weight excluding hydrogens is 336 g/mol. The lowest BCUT2D eigenvalue weighted by Gasteiger charge is -2.08. The van der Waals surface area contributed by atoms with Gasteiger partial charge >= 0.3 is 0 Å². The Kier molecular flexibility index (Phi) is 3.66. The SMILES string of the molecule is CC(C(=O)c1ccc(Br)cc1)n1nnc(-c2ccco2)n1. The third-order valence-electron chi connectivity index (χ3n) is 3.02. The predicted molar refractivity (Wildman–Crippen MR) is 78.7 cm³/mol. The lowest BCUT2D eigenvalue weighted by molar-refractivity contribution is 0.0918. The monoisotopic (exact) mass is 346 g/mol. The molecule has 0 spiro atoms. The second-order valence-electron chi connectivity index (χ2n) is 4.46. The van der Waals surface area contributed by atoms with Crippen LogP contribution in [0.15, 0.2) is 51.6 Å². The van der Waals surface area contributed by atoms with Gasteiger partial charge in [0.1, 0.15) is 6.04 Å². The van der Waals surface area contributed by atoms with Gasteiger partial charge in [-0.1, -0.05) is 28.1 Å². The highest BCUT2D eigenvalue weighted by Crippen LogP contribution is 2.18. The van der Waals surface area contributed by atoms with Crippen molar-refractivity contribution in [2.45, 2.75) is 13.0 Å². The molecule has 3 rings (SSSR count). The molecule has 2 aromatic heterocycles. The first kappa shape index (κ1) is 13.7. The maximum absolute atomic E-state index is 12.4. The summed E-state index contributed by atoms with van der Waals surface area (Å²) in [6, 6.07) is 10.1. The van der Waals surface area contributed by atoms with Crippen molar-refractivity contribution in [2.75, 3.05) is 0 Å². The molecule has 1 aromatic carbocycles. The Morgan fingerprint density at radius 2 is 2.05 bits per heavy atom. The molecule has 0 radical (unpaired) electrons. The third kappa shape index (κ3) is 2.78. The van der Waals surface area contributed by atoms with Crippen LogP contribution in [-0.4, -0.2) is 26.0 Å². The molecule has 0 fully saturated rings. The molecule has 0 aliphatic heterocycles. The third-order valence-corrected chi connectivity index (χ3v) is 3.55. The number of hydrogen-bond donors (Lipinski definition) is 0. The number of aromatic nitrogens is 4. The Labute approximate surface area is 128 Å².